The van der Waals surface area contributed by atoms with E-state index in [4.69, 9.17) is 5.73 Å². The van der Waals surface area contributed by atoms with Gasteiger partial charge in [0.05, 0.1) is 0 Å². The fraction of sp³-hybridized carbons (Fsp3) is 0.692. The van der Waals surface area contributed by atoms with Crippen molar-refractivity contribution < 1.29 is 0 Å². The third-order valence-corrected chi connectivity index (χ3v) is 5.00. The summed E-state index contributed by atoms with van der Waals surface area (Å²) in [5.41, 5.74) is 6.85. The van der Waals surface area contributed by atoms with Crippen molar-refractivity contribution in [2.24, 2.45) is 5.73 Å². The molecule has 1 heterocycles. The monoisotopic (exact) mass is 240 g/mol. The lowest BCUT2D eigenvalue weighted by Crippen LogP contribution is -2.34. The van der Waals surface area contributed by atoms with E-state index in [1.165, 1.54) is 44.0 Å². The van der Waals surface area contributed by atoms with Crippen LogP contribution >= 0.6 is 7.92 Å². The molecule has 0 aromatic heterocycles. The third-order valence-electron chi connectivity index (χ3n) is 3.07. The van der Waals surface area contributed by atoms with E-state index >= 15 is 0 Å². The van der Waals surface area contributed by atoms with Crippen LogP contribution in [0.15, 0.2) is 23.8 Å². The molecule has 2 nitrogen and oxygen atoms in total. The first-order valence-electron chi connectivity index (χ1n) is 6.15. The van der Waals surface area contributed by atoms with Gasteiger partial charge in [0.25, 0.3) is 0 Å². The largest absolute Gasteiger partial charge is 0.327 e. The Balaban J connectivity index is 2.18. The summed E-state index contributed by atoms with van der Waals surface area (Å²) in [5.74, 6) is 0. The van der Waals surface area contributed by atoms with Crippen LogP contribution in [0.2, 0.25) is 0 Å². The van der Waals surface area contributed by atoms with Gasteiger partial charge in [-0.15, -0.1) is 7.92 Å². The highest BCUT2D eigenvalue weighted by molar-refractivity contribution is 7.56. The number of nitrogens with two attached hydrogens (primary N) is 1. The molecule has 0 aliphatic carbocycles. The molecule has 16 heavy (non-hydrogen) atoms. The molecule has 0 aromatic carbocycles. The van der Waals surface area contributed by atoms with Gasteiger partial charge in [-0.1, -0.05) is 23.8 Å². The van der Waals surface area contributed by atoms with Crippen molar-refractivity contribution >= 4 is 7.92 Å². The summed E-state index contributed by atoms with van der Waals surface area (Å²) >= 11 is 0. The van der Waals surface area contributed by atoms with Crippen LogP contribution in [0.4, 0.5) is 0 Å². The van der Waals surface area contributed by atoms with Crippen molar-refractivity contribution in [2.45, 2.75) is 13.3 Å². The standard InChI is InChI=1S/C13H25N2P/c1-13(5-3-4-7-14)6-8-15-9-11-16(2)12-10-15/h3-5H,6-12,14H2,1-2H3/b4-3-,13-5+. The second kappa shape index (κ2) is 8.00. The maximum atomic E-state index is 5.40. The van der Waals surface area contributed by atoms with Crippen LogP contribution in [0, 0.1) is 0 Å². The number of rotatable bonds is 5. The summed E-state index contributed by atoms with van der Waals surface area (Å²) in [5, 5.41) is 0. The van der Waals surface area contributed by atoms with E-state index in [0.29, 0.717) is 14.5 Å². The third kappa shape index (κ3) is 5.79. The molecule has 0 saturated carbocycles. The normalized spacial score (nSPS) is 20.8. The zero-order valence-electron chi connectivity index (χ0n) is 10.7. The predicted molar refractivity (Wildman–Crippen MR) is 75.6 cm³/mol. The number of nitrogens with zero attached hydrogens (tertiary/aromatic N) is 1. The van der Waals surface area contributed by atoms with Crippen LogP contribution in [0.1, 0.15) is 13.3 Å². The van der Waals surface area contributed by atoms with Gasteiger partial charge < -0.3 is 10.6 Å². The quantitative estimate of drug-likeness (QED) is 0.590. The summed E-state index contributed by atoms with van der Waals surface area (Å²) < 4.78 is 0. The van der Waals surface area contributed by atoms with Gasteiger partial charge in [-0.25, -0.2) is 0 Å². The summed E-state index contributed by atoms with van der Waals surface area (Å²) in [6.45, 7) is 9.12. The minimum Gasteiger partial charge on any atom is -0.327 e. The fourth-order valence-electron chi connectivity index (χ4n) is 1.80. The molecule has 1 aliphatic heterocycles. The van der Waals surface area contributed by atoms with E-state index < -0.39 is 0 Å². The second-order valence-electron chi connectivity index (χ2n) is 4.57. The van der Waals surface area contributed by atoms with E-state index in [2.05, 4.69) is 30.6 Å². The molecular formula is C13H25N2P. The molecule has 2 N–H and O–H groups in total. The molecule has 92 valence electrons. The maximum absolute atomic E-state index is 5.40. The Bertz CT molecular complexity index is 240. The summed E-state index contributed by atoms with van der Waals surface area (Å²) in [7, 11) is 0.363. The van der Waals surface area contributed by atoms with E-state index in [1.807, 2.05) is 6.08 Å². The van der Waals surface area contributed by atoms with Gasteiger partial charge in [-0.2, -0.15) is 0 Å². The molecule has 1 aliphatic rings. The van der Waals surface area contributed by atoms with Crippen LogP contribution in [-0.4, -0.2) is 50.1 Å². The molecule has 0 spiro atoms. The van der Waals surface area contributed by atoms with Crippen molar-refractivity contribution in [1.29, 1.82) is 0 Å². The Labute approximate surface area is 101 Å². The Morgan fingerprint density at radius 2 is 2.06 bits per heavy atom. The first-order chi connectivity index (χ1) is 7.72. The van der Waals surface area contributed by atoms with Crippen molar-refractivity contribution in [3.63, 3.8) is 0 Å². The second-order valence-corrected chi connectivity index (χ2v) is 7.18. The lowest BCUT2D eigenvalue weighted by molar-refractivity contribution is 0.304. The molecule has 1 saturated heterocycles. The van der Waals surface area contributed by atoms with E-state index in [0.717, 1.165) is 0 Å². The predicted octanol–water partition coefficient (Wildman–Crippen LogP) is 2.27. The zero-order chi connectivity index (χ0) is 11.8. The van der Waals surface area contributed by atoms with Crippen LogP contribution in [0.25, 0.3) is 0 Å². The average molecular weight is 240 g/mol. The van der Waals surface area contributed by atoms with Crippen LogP contribution in [0.5, 0.6) is 0 Å². The molecular weight excluding hydrogens is 215 g/mol. The Morgan fingerprint density at radius 3 is 2.69 bits per heavy atom. The lowest BCUT2D eigenvalue weighted by Gasteiger charge is -2.30. The van der Waals surface area contributed by atoms with E-state index in [9.17, 15) is 0 Å². The molecule has 0 atom stereocenters. The van der Waals surface area contributed by atoms with Gasteiger partial charge in [-0.3, -0.25) is 0 Å². The molecule has 0 unspecified atom stereocenters. The van der Waals surface area contributed by atoms with Crippen molar-refractivity contribution in [2.75, 3.05) is 45.2 Å². The molecule has 1 fully saturated rings. The Hall–Kier alpha value is -0.170. The van der Waals surface area contributed by atoms with Gasteiger partial charge in [0.1, 0.15) is 0 Å². The highest BCUT2D eigenvalue weighted by atomic mass is 31.1. The van der Waals surface area contributed by atoms with E-state index in [1.54, 1.807) is 0 Å². The number of hydrogen-bond donors (Lipinski definition) is 1. The van der Waals surface area contributed by atoms with Crippen molar-refractivity contribution in [1.82, 2.24) is 4.90 Å². The summed E-state index contributed by atoms with van der Waals surface area (Å²) in [6.07, 6.45) is 10.3. The van der Waals surface area contributed by atoms with Crippen LogP contribution in [-0.2, 0) is 0 Å². The van der Waals surface area contributed by atoms with Crippen LogP contribution < -0.4 is 5.73 Å². The number of allylic oxidation sites excluding steroid dienone is 2. The Kier molecular flexibility index (Phi) is 6.95. The minimum absolute atomic E-state index is 0.363. The molecule has 3 heteroatoms. The van der Waals surface area contributed by atoms with Crippen molar-refractivity contribution in [3.8, 4) is 0 Å². The van der Waals surface area contributed by atoms with Gasteiger partial charge in [0, 0.05) is 26.2 Å². The topological polar surface area (TPSA) is 29.3 Å². The van der Waals surface area contributed by atoms with Crippen LogP contribution in [0.3, 0.4) is 0 Å². The zero-order valence-corrected chi connectivity index (χ0v) is 11.5. The van der Waals surface area contributed by atoms with E-state index in [-0.39, 0.29) is 0 Å². The smallest absolute Gasteiger partial charge is 0.0109 e. The molecule has 0 aromatic rings. The average Bonchev–Trinajstić information content (AvgIpc) is 2.29. The fourth-order valence-corrected chi connectivity index (χ4v) is 3.27. The first-order valence-corrected chi connectivity index (χ1v) is 8.31. The first kappa shape index (κ1) is 13.9. The maximum Gasteiger partial charge on any atom is 0.0109 e. The molecule has 0 bridgehead atoms. The highest BCUT2D eigenvalue weighted by Gasteiger charge is 2.14. The van der Waals surface area contributed by atoms with Gasteiger partial charge in [-0.05, 0) is 32.3 Å². The molecule has 1 rings (SSSR count). The molecule has 0 amide bonds. The number of hydrogen-bond acceptors (Lipinski definition) is 2. The lowest BCUT2D eigenvalue weighted by atomic mass is 10.2. The van der Waals surface area contributed by atoms with Crippen molar-refractivity contribution in [3.05, 3.63) is 23.8 Å². The SMILES string of the molecule is C/C(=C\C=C/CN)CCN1CCP(C)CC1. The van der Waals surface area contributed by atoms with Gasteiger partial charge in [0.2, 0.25) is 0 Å². The molecule has 0 radical (unpaired) electrons. The summed E-state index contributed by atoms with van der Waals surface area (Å²) in [4.78, 5) is 2.60. The minimum atomic E-state index is 0.363. The van der Waals surface area contributed by atoms with Gasteiger partial charge >= 0.3 is 0 Å². The van der Waals surface area contributed by atoms with Gasteiger partial charge in [0.15, 0.2) is 0 Å². The Morgan fingerprint density at radius 1 is 1.38 bits per heavy atom. The highest BCUT2D eigenvalue weighted by Crippen LogP contribution is 2.32. The summed E-state index contributed by atoms with van der Waals surface area (Å²) in [6, 6.07) is 0.